The van der Waals surface area contributed by atoms with Crippen LogP contribution in [0.2, 0.25) is 0 Å². The molecule has 2 aromatic carbocycles. The van der Waals surface area contributed by atoms with Crippen LogP contribution >= 0.6 is 0 Å². The molecule has 0 N–H and O–H groups in total. The summed E-state index contributed by atoms with van der Waals surface area (Å²) >= 11 is 0. The topological polar surface area (TPSA) is 122 Å². The zero-order valence-corrected chi connectivity index (χ0v) is 19.5. The molecule has 172 valence electrons. The summed E-state index contributed by atoms with van der Waals surface area (Å²) in [7, 11) is 0. The molecule has 2 heterocycles. The van der Waals surface area contributed by atoms with Crippen molar-refractivity contribution >= 4 is 34.4 Å². The summed E-state index contributed by atoms with van der Waals surface area (Å²) in [5, 5.41) is 19.8. The average molecular weight is 457 g/mol. The van der Waals surface area contributed by atoms with Crippen LogP contribution in [0.25, 0.3) is 10.8 Å². The molecule has 2 aromatic rings. The largest absolute Gasteiger partial charge is 0.269 e. The molecule has 0 spiro atoms. The maximum absolute atomic E-state index is 13.4. The van der Waals surface area contributed by atoms with Crippen LogP contribution in [0.1, 0.15) is 82.0 Å². The Bertz CT molecular complexity index is 1170. The van der Waals surface area contributed by atoms with Crippen LogP contribution in [0.4, 0.5) is 0 Å². The number of hydrogen-bond donors (Lipinski definition) is 0. The highest BCUT2D eigenvalue weighted by Crippen LogP contribution is 2.39. The highest BCUT2D eigenvalue weighted by atomic mass is 16.2. The van der Waals surface area contributed by atoms with Gasteiger partial charge in [0.15, 0.2) is 0 Å². The van der Waals surface area contributed by atoms with Gasteiger partial charge < -0.3 is 0 Å². The quantitative estimate of drug-likeness (QED) is 0.607. The fourth-order valence-corrected chi connectivity index (χ4v) is 4.80. The van der Waals surface area contributed by atoms with Gasteiger partial charge in [-0.15, -0.1) is 0 Å². The van der Waals surface area contributed by atoms with Gasteiger partial charge in [-0.3, -0.25) is 29.0 Å². The lowest BCUT2D eigenvalue weighted by Gasteiger charge is -2.35. The predicted molar refractivity (Wildman–Crippen MR) is 123 cm³/mol. The summed E-state index contributed by atoms with van der Waals surface area (Å²) in [5.41, 5.74) is 0.694. The second-order valence-electron chi connectivity index (χ2n) is 9.58. The van der Waals surface area contributed by atoms with Crippen LogP contribution in [0.3, 0.4) is 0 Å². The molecule has 4 amide bonds. The van der Waals surface area contributed by atoms with E-state index in [9.17, 15) is 29.7 Å². The number of nitrogens with zero attached hydrogens (tertiary/aromatic N) is 4. The first kappa shape index (κ1) is 23.1. The van der Waals surface area contributed by atoms with E-state index in [4.69, 9.17) is 0 Å². The van der Waals surface area contributed by atoms with Crippen LogP contribution in [-0.2, 0) is 0 Å². The molecule has 0 radical (unpaired) electrons. The van der Waals surface area contributed by atoms with E-state index < -0.39 is 35.7 Å². The molecule has 2 atom stereocenters. The van der Waals surface area contributed by atoms with Gasteiger partial charge in [-0.1, -0.05) is 27.7 Å². The first-order valence-electron chi connectivity index (χ1n) is 11.3. The van der Waals surface area contributed by atoms with Crippen molar-refractivity contribution in [2.24, 2.45) is 11.8 Å². The number of imide groups is 2. The Morgan fingerprint density at radius 1 is 0.618 bits per heavy atom. The molecule has 0 bridgehead atoms. The van der Waals surface area contributed by atoms with Crippen LogP contribution in [0.5, 0.6) is 0 Å². The molecule has 8 nitrogen and oxygen atoms in total. The van der Waals surface area contributed by atoms with Gasteiger partial charge in [-0.25, -0.2) is 0 Å². The lowest BCUT2D eigenvalue weighted by molar-refractivity contribution is 0.0539. The predicted octanol–water partition coefficient (Wildman–Crippen LogP) is 3.91. The Kier molecular flexibility index (Phi) is 5.70. The molecule has 0 unspecified atom stereocenters. The van der Waals surface area contributed by atoms with Crippen molar-refractivity contribution in [2.45, 2.75) is 52.6 Å². The van der Waals surface area contributed by atoms with E-state index in [1.807, 2.05) is 27.7 Å². The second kappa shape index (κ2) is 8.39. The number of rotatable bonds is 6. The Hall–Kier alpha value is -4.04. The molecule has 0 fully saturated rings. The standard InChI is InChI=1S/C26H24N4O4/c1-13(2)9-15(11-27)29-23(31)17-5-7-19-22-20(8-6-18(21(17)22)24(29)32)26(34)30(25(19)33)16(12-28)10-14(3)4/h5-8,13-16H,9-10H2,1-4H3/t15-,16-/m0/s1. The van der Waals surface area contributed by atoms with Crippen molar-refractivity contribution < 1.29 is 19.2 Å². The summed E-state index contributed by atoms with van der Waals surface area (Å²) < 4.78 is 0. The van der Waals surface area contributed by atoms with Crippen LogP contribution in [0, 0.1) is 34.5 Å². The molecule has 2 aliphatic rings. The maximum Gasteiger partial charge on any atom is 0.262 e. The number of nitriles is 2. The fourth-order valence-electron chi connectivity index (χ4n) is 4.80. The fraction of sp³-hybridized carbons (Fsp3) is 0.385. The molecular formula is C26H24N4O4. The van der Waals surface area contributed by atoms with Crippen molar-refractivity contribution in [3.63, 3.8) is 0 Å². The summed E-state index contributed by atoms with van der Waals surface area (Å²) in [6, 6.07) is 8.13. The summed E-state index contributed by atoms with van der Waals surface area (Å²) in [5.74, 6) is -2.31. The third-order valence-corrected chi connectivity index (χ3v) is 6.27. The highest BCUT2D eigenvalue weighted by Gasteiger charge is 2.43. The number of carbonyl (C=O) groups is 4. The Labute approximate surface area is 197 Å². The summed E-state index contributed by atoms with van der Waals surface area (Å²) in [6.45, 7) is 7.61. The Morgan fingerprint density at radius 3 is 1.09 bits per heavy atom. The van der Waals surface area contributed by atoms with E-state index in [1.54, 1.807) is 0 Å². The minimum absolute atomic E-state index is 0.0853. The van der Waals surface area contributed by atoms with Crippen LogP contribution in [-0.4, -0.2) is 45.5 Å². The lowest BCUT2D eigenvalue weighted by Crippen LogP contribution is -2.49. The summed E-state index contributed by atoms with van der Waals surface area (Å²) in [6.07, 6.45) is 0.667. The van der Waals surface area contributed by atoms with Gasteiger partial charge in [0.1, 0.15) is 12.1 Å². The molecule has 8 heteroatoms. The van der Waals surface area contributed by atoms with Crippen molar-refractivity contribution in [3.05, 3.63) is 46.5 Å². The minimum Gasteiger partial charge on any atom is -0.269 e. The van der Waals surface area contributed by atoms with Crippen molar-refractivity contribution in [1.29, 1.82) is 10.5 Å². The first-order chi connectivity index (χ1) is 16.1. The third kappa shape index (κ3) is 3.34. The van der Waals surface area contributed by atoms with Crippen LogP contribution in [0.15, 0.2) is 24.3 Å². The van der Waals surface area contributed by atoms with Crippen molar-refractivity contribution in [3.8, 4) is 12.1 Å². The van der Waals surface area contributed by atoms with Gasteiger partial charge in [0, 0.05) is 33.0 Å². The normalized spacial score (nSPS) is 16.8. The maximum atomic E-state index is 13.4. The van der Waals surface area contributed by atoms with E-state index in [2.05, 4.69) is 12.1 Å². The smallest absolute Gasteiger partial charge is 0.262 e. The second-order valence-corrected chi connectivity index (χ2v) is 9.58. The summed E-state index contributed by atoms with van der Waals surface area (Å²) in [4.78, 5) is 55.4. The average Bonchev–Trinajstić information content (AvgIpc) is 2.79. The molecule has 0 saturated heterocycles. The van der Waals surface area contributed by atoms with E-state index in [-0.39, 0.29) is 44.9 Å². The van der Waals surface area contributed by atoms with Gasteiger partial charge in [0.25, 0.3) is 23.6 Å². The molecule has 34 heavy (non-hydrogen) atoms. The van der Waals surface area contributed by atoms with Gasteiger partial charge in [0.2, 0.25) is 0 Å². The molecule has 4 rings (SSSR count). The minimum atomic E-state index is -0.929. The van der Waals surface area contributed by atoms with Crippen molar-refractivity contribution in [1.82, 2.24) is 9.80 Å². The third-order valence-electron chi connectivity index (χ3n) is 6.27. The van der Waals surface area contributed by atoms with Gasteiger partial charge in [0.05, 0.1) is 12.1 Å². The van der Waals surface area contributed by atoms with Gasteiger partial charge in [-0.2, -0.15) is 10.5 Å². The van der Waals surface area contributed by atoms with E-state index in [1.165, 1.54) is 24.3 Å². The number of carbonyl (C=O) groups excluding carboxylic acids is 4. The monoisotopic (exact) mass is 456 g/mol. The Balaban J connectivity index is 1.90. The first-order valence-corrected chi connectivity index (χ1v) is 11.3. The number of hydrogen-bond acceptors (Lipinski definition) is 6. The van der Waals surface area contributed by atoms with E-state index >= 15 is 0 Å². The zero-order chi connectivity index (χ0) is 24.9. The van der Waals surface area contributed by atoms with Crippen LogP contribution < -0.4 is 0 Å². The van der Waals surface area contributed by atoms with Crippen molar-refractivity contribution in [2.75, 3.05) is 0 Å². The molecule has 0 aromatic heterocycles. The molecular weight excluding hydrogens is 432 g/mol. The van der Waals surface area contributed by atoms with Gasteiger partial charge in [-0.05, 0) is 48.9 Å². The Morgan fingerprint density at radius 2 is 0.882 bits per heavy atom. The molecule has 2 aliphatic heterocycles. The lowest BCUT2D eigenvalue weighted by atomic mass is 9.84. The highest BCUT2D eigenvalue weighted by molar-refractivity contribution is 6.33. The van der Waals surface area contributed by atoms with E-state index in [0.29, 0.717) is 12.8 Å². The SMILES string of the molecule is CC(C)C[C@@H](C#N)N1C(=O)c2ccc3c4c(ccc(c24)C1=O)C(=O)N([C@H](C#N)CC(C)C)C3=O. The number of benzene rings is 2. The van der Waals surface area contributed by atoms with Gasteiger partial charge >= 0.3 is 0 Å². The molecule has 0 saturated carbocycles. The zero-order valence-electron chi connectivity index (χ0n) is 19.5. The van der Waals surface area contributed by atoms with E-state index in [0.717, 1.165) is 9.80 Å². The molecule has 0 aliphatic carbocycles. The number of amides is 4.